The molecule has 0 bridgehead atoms. The number of carbonyl (C=O) groups is 1. The lowest BCUT2D eigenvalue weighted by molar-refractivity contribution is 0.0780. The quantitative estimate of drug-likeness (QED) is 0.551. The molecule has 10 heteroatoms. The number of halogens is 2. The zero-order valence-corrected chi connectivity index (χ0v) is 19.4. The maximum atomic E-state index is 13.2. The van der Waals surface area contributed by atoms with Gasteiger partial charge in [-0.1, -0.05) is 35.3 Å². The number of sulfonamides is 1. The van der Waals surface area contributed by atoms with Crippen molar-refractivity contribution < 1.29 is 13.2 Å². The molecule has 1 aliphatic carbocycles. The summed E-state index contributed by atoms with van der Waals surface area (Å²) in [5.74, 6) is 0.312. The van der Waals surface area contributed by atoms with E-state index in [1.165, 1.54) is 17.0 Å². The largest absolute Gasteiger partial charge is 0.334 e. The van der Waals surface area contributed by atoms with Gasteiger partial charge < -0.3 is 9.47 Å². The van der Waals surface area contributed by atoms with Gasteiger partial charge in [0.05, 0.1) is 33.2 Å². The number of imidazole rings is 1. The highest BCUT2D eigenvalue weighted by molar-refractivity contribution is 7.89. The van der Waals surface area contributed by atoms with Gasteiger partial charge in [-0.15, -0.1) is 0 Å². The smallest absolute Gasteiger partial charge is 0.255 e. The fourth-order valence-electron chi connectivity index (χ4n) is 3.47. The molecule has 0 atom stereocenters. The number of benzene rings is 2. The second-order valence-corrected chi connectivity index (χ2v) is 10.1. The van der Waals surface area contributed by atoms with E-state index in [-0.39, 0.29) is 33.1 Å². The number of hydrogen-bond donors (Lipinski definition) is 1. The first-order valence-electron chi connectivity index (χ1n) is 9.92. The maximum absolute atomic E-state index is 13.2. The Hall–Kier alpha value is -2.13. The first-order valence-corrected chi connectivity index (χ1v) is 12.2. The van der Waals surface area contributed by atoms with E-state index in [4.69, 9.17) is 23.2 Å². The average Bonchev–Trinajstić information content (AvgIpc) is 3.44. The highest BCUT2D eigenvalue weighted by atomic mass is 35.5. The molecule has 1 aromatic heterocycles. The minimum Gasteiger partial charge on any atom is -0.334 e. The fourth-order valence-corrected chi connectivity index (χ4v) is 5.63. The Morgan fingerprint density at radius 3 is 2.61 bits per heavy atom. The lowest BCUT2D eigenvalue weighted by atomic mass is 10.2. The summed E-state index contributed by atoms with van der Waals surface area (Å²) in [5.41, 5.74) is 1.91. The Morgan fingerprint density at radius 1 is 1.23 bits per heavy atom. The van der Waals surface area contributed by atoms with Crippen LogP contribution in [0.1, 0.15) is 35.9 Å². The standard InChI is InChI=1S/C21H22Cl2N4O3S/c1-3-27-18-7-5-4-6-17(18)24-20(27)12-26(2)21(28)14-10-19(16(23)11-15(14)22)31(29,30)25-13-8-9-13/h4-7,10-11,13,25H,3,8-9,12H2,1-2H3. The summed E-state index contributed by atoms with van der Waals surface area (Å²) in [6.45, 7) is 2.96. The molecule has 1 heterocycles. The van der Waals surface area contributed by atoms with Crippen molar-refractivity contribution in [1.29, 1.82) is 0 Å². The Bertz CT molecular complexity index is 1270. The van der Waals surface area contributed by atoms with Crippen molar-refractivity contribution in [2.24, 2.45) is 0 Å². The number of carbonyl (C=O) groups excluding carboxylic acids is 1. The van der Waals surface area contributed by atoms with E-state index in [2.05, 4.69) is 9.71 Å². The van der Waals surface area contributed by atoms with Gasteiger partial charge in [0, 0.05) is 19.6 Å². The van der Waals surface area contributed by atoms with Gasteiger partial charge in [0.25, 0.3) is 5.91 Å². The van der Waals surface area contributed by atoms with Crippen LogP contribution in [-0.2, 0) is 23.1 Å². The van der Waals surface area contributed by atoms with Gasteiger partial charge in [0.15, 0.2) is 0 Å². The first kappa shape index (κ1) is 22.1. The van der Waals surface area contributed by atoms with Crippen molar-refractivity contribution in [3.8, 4) is 0 Å². The highest BCUT2D eigenvalue weighted by Gasteiger charge is 2.31. The normalized spacial score (nSPS) is 14.2. The second-order valence-electron chi connectivity index (χ2n) is 7.58. The van der Waals surface area contributed by atoms with Crippen LogP contribution in [0.5, 0.6) is 0 Å². The maximum Gasteiger partial charge on any atom is 0.255 e. The summed E-state index contributed by atoms with van der Waals surface area (Å²) < 4.78 is 29.9. The second kappa shape index (κ2) is 8.43. The molecule has 164 valence electrons. The molecule has 1 saturated carbocycles. The molecule has 0 unspecified atom stereocenters. The van der Waals surface area contributed by atoms with Gasteiger partial charge in [-0.05, 0) is 44.0 Å². The number of rotatable bonds is 7. The summed E-state index contributed by atoms with van der Waals surface area (Å²) in [7, 11) is -2.21. The number of aryl methyl sites for hydroxylation is 1. The number of nitrogens with zero attached hydrogens (tertiary/aromatic N) is 3. The molecule has 0 aliphatic heterocycles. The summed E-state index contributed by atoms with van der Waals surface area (Å²) in [4.78, 5) is 19.1. The van der Waals surface area contributed by atoms with E-state index < -0.39 is 15.9 Å². The van der Waals surface area contributed by atoms with E-state index in [0.717, 1.165) is 29.7 Å². The summed E-state index contributed by atoms with van der Waals surface area (Å²) in [5, 5.41) is 0.0707. The van der Waals surface area contributed by atoms with Crippen LogP contribution in [0.15, 0.2) is 41.3 Å². The Balaban J connectivity index is 1.64. The molecule has 1 fully saturated rings. The third-order valence-corrected chi connectivity index (χ3v) is 7.51. The third-order valence-electron chi connectivity index (χ3n) is 5.22. The number of amides is 1. The molecule has 7 nitrogen and oxygen atoms in total. The number of fused-ring (bicyclic) bond motifs is 1. The number of nitrogens with one attached hydrogen (secondary N) is 1. The van der Waals surface area contributed by atoms with Gasteiger partial charge in [0.2, 0.25) is 10.0 Å². The van der Waals surface area contributed by atoms with Crippen molar-refractivity contribution in [2.75, 3.05) is 7.05 Å². The van der Waals surface area contributed by atoms with Crippen LogP contribution >= 0.6 is 23.2 Å². The van der Waals surface area contributed by atoms with Crippen LogP contribution in [-0.4, -0.2) is 41.9 Å². The summed E-state index contributed by atoms with van der Waals surface area (Å²) in [6, 6.07) is 10.2. The molecular weight excluding hydrogens is 459 g/mol. The van der Waals surface area contributed by atoms with Gasteiger partial charge in [-0.3, -0.25) is 4.79 Å². The van der Waals surface area contributed by atoms with Crippen LogP contribution in [0.4, 0.5) is 0 Å². The molecule has 4 rings (SSSR count). The van der Waals surface area contributed by atoms with E-state index >= 15 is 0 Å². The van der Waals surface area contributed by atoms with E-state index in [1.54, 1.807) is 7.05 Å². The van der Waals surface area contributed by atoms with Crippen molar-refractivity contribution in [1.82, 2.24) is 19.2 Å². The lowest BCUT2D eigenvalue weighted by Crippen LogP contribution is -2.29. The molecule has 0 radical (unpaired) electrons. The molecule has 0 saturated heterocycles. The van der Waals surface area contributed by atoms with Crippen LogP contribution in [0, 0.1) is 0 Å². The molecule has 31 heavy (non-hydrogen) atoms. The minimum absolute atomic E-state index is 0.0230. The number of para-hydroxylation sites is 2. The minimum atomic E-state index is -3.84. The monoisotopic (exact) mass is 480 g/mol. The summed E-state index contributed by atoms with van der Waals surface area (Å²) in [6.07, 6.45) is 1.58. The zero-order valence-electron chi connectivity index (χ0n) is 17.1. The molecule has 0 spiro atoms. The van der Waals surface area contributed by atoms with Gasteiger partial charge in [0.1, 0.15) is 10.7 Å². The predicted octanol–water partition coefficient (Wildman–Crippen LogP) is 4.08. The van der Waals surface area contributed by atoms with Crippen LogP contribution < -0.4 is 4.72 Å². The molecule has 1 aliphatic rings. The van der Waals surface area contributed by atoms with Crippen LogP contribution in [0.25, 0.3) is 11.0 Å². The number of hydrogen-bond acceptors (Lipinski definition) is 4. The van der Waals surface area contributed by atoms with E-state index in [0.29, 0.717) is 6.54 Å². The third kappa shape index (κ3) is 4.43. The van der Waals surface area contributed by atoms with Crippen molar-refractivity contribution >= 4 is 50.2 Å². The zero-order chi connectivity index (χ0) is 22.3. The van der Waals surface area contributed by atoms with E-state index in [9.17, 15) is 13.2 Å². The molecule has 1 amide bonds. The molecular formula is C21H22Cl2N4O3S. The summed E-state index contributed by atoms with van der Waals surface area (Å²) >= 11 is 12.4. The average molecular weight is 481 g/mol. The Morgan fingerprint density at radius 2 is 1.94 bits per heavy atom. The van der Waals surface area contributed by atoms with Gasteiger partial charge >= 0.3 is 0 Å². The molecule has 2 aromatic carbocycles. The predicted molar refractivity (Wildman–Crippen MR) is 121 cm³/mol. The van der Waals surface area contributed by atoms with E-state index in [1.807, 2.05) is 35.8 Å². The Kier molecular flexibility index (Phi) is 6.00. The van der Waals surface area contributed by atoms with Crippen LogP contribution in [0.2, 0.25) is 10.0 Å². The molecule has 3 aromatic rings. The van der Waals surface area contributed by atoms with Crippen molar-refractivity contribution in [2.45, 2.75) is 43.8 Å². The van der Waals surface area contributed by atoms with Crippen LogP contribution in [0.3, 0.4) is 0 Å². The fraction of sp³-hybridized carbons (Fsp3) is 0.333. The highest BCUT2D eigenvalue weighted by Crippen LogP contribution is 2.31. The van der Waals surface area contributed by atoms with Gasteiger partial charge in [-0.2, -0.15) is 0 Å². The SMILES string of the molecule is CCn1c(CN(C)C(=O)c2cc(S(=O)(=O)NC3CC3)c(Cl)cc2Cl)nc2ccccc21. The topological polar surface area (TPSA) is 84.3 Å². The first-order chi connectivity index (χ1) is 14.7. The van der Waals surface area contributed by atoms with Gasteiger partial charge in [-0.25, -0.2) is 18.1 Å². The van der Waals surface area contributed by atoms with Crippen molar-refractivity contribution in [3.05, 3.63) is 57.8 Å². The van der Waals surface area contributed by atoms with Crippen molar-refractivity contribution in [3.63, 3.8) is 0 Å². The Labute approximate surface area is 191 Å². The molecule has 1 N–H and O–H groups in total. The number of aromatic nitrogens is 2. The lowest BCUT2D eigenvalue weighted by Gasteiger charge is -2.19.